The van der Waals surface area contributed by atoms with Gasteiger partial charge in [-0.25, -0.2) is 18.7 Å². The summed E-state index contributed by atoms with van der Waals surface area (Å²) in [5.74, 6) is -0.515. The molecular weight excluding hydrogens is 288 g/mol. The molecule has 0 aliphatic rings. The van der Waals surface area contributed by atoms with Gasteiger partial charge in [-0.15, -0.1) is 0 Å². The molecule has 0 unspecified atom stereocenters. The Labute approximate surface area is 119 Å². The molecule has 7 heteroatoms. The van der Waals surface area contributed by atoms with Crippen LogP contribution in [0.5, 0.6) is 0 Å². The second kappa shape index (κ2) is 6.58. The van der Waals surface area contributed by atoms with Gasteiger partial charge in [-0.05, 0) is 19.1 Å². The van der Waals surface area contributed by atoms with Crippen LogP contribution in [0, 0.1) is 11.6 Å². The van der Waals surface area contributed by atoms with Crippen LogP contribution in [0.1, 0.15) is 12.7 Å². The van der Waals surface area contributed by atoms with E-state index in [-0.39, 0.29) is 23.3 Å². The first-order chi connectivity index (χ1) is 9.58. The van der Waals surface area contributed by atoms with Gasteiger partial charge in [0.05, 0.1) is 5.69 Å². The topological polar surface area (TPSA) is 47.0 Å². The number of nitrogens with zero attached hydrogens (tertiary/aromatic N) is 2. The lowest BCUT2D eigenvalue weighted by atomic mass is 10.3. The number of ether oxygens (including phenoxy) is 1. The molecule has 0 atom stereocenters. The minimum atomic E-state index is -0.590. The molecule has 0 fully saturated rings. The standard InChI is InChI=1S/C13H12ClF2N3O/c1-2-20-7-13-18-11(14)6-12(19-13)17-10-5-8(15)3-4-9(10)16/h3-6H,2,7H2,1H3,(H,17,18,19). The molecule has 1 N–H and O–H groups in total. The summed E-state index contributed by atoms with van der Waals surface area (Å²) in [7, 11) is 0. The van der Waals surface area contributed by atoms with E-state index in [1.54, 1.807) is 0 Å². The molecule has 2 rings (SSSR count). The van der Waals surface area contributed by atoms with Crippen molar-refractivity contribution in [2.75, 3.05) is 11.9 Å². The first-order valence-electron chi connectivity index (χ1n) is 5.91. The van der Waals surface area contributed by atoms with E-state index < -0.39 is 11.6 Å². The van der Waals surface area contributed by atoms with Gasteiger partial charge in [-0.3, -0.25) is 0 Å². The summed E-state index contributed by atoms with van der Waals surface area (Å²) in [6, 6.07) is 4.52. The predicted molar refractivity (Wildman–Crippen MR) is 72.0 cm³/mol. The number of halogens is 3. The molecule has 4 nitrogen and oxygen atoms in total. The molecule has 1 aromatic carbocycles. The number of aromatic nitrogens is 2. The van der Waals surface area contributed by atoms with Crippen LogP contribution >= 0.6 is 11.6 Å². The lowest BCUT2D eigenvalue weighted by Crippen LogP contribution is -2.03. The summed E-state index contributed by atoms with van der Waals surface area (Å²) in [5.41, 5.74) is -0.0258. The Morgan fingerprint density at radius 1 is 1.25 bits per heavy atom. The highest BCUT2D eigenvalue weighted by Crippen LogP contribution is 2.21. The second-order valence-electron chi connectivity index (χ2n) is 3.88. The van der Waals surface area contributed by atoms with E-state index in [0.29, 0.717) is 12.4 Å². The highest BCUT2D eigenvalue weighted by atomic mass is 35.5. The van der Waals surface area contributed by atoms with Gasteiger partial charge < -0.3 is 10.1 Å². The Balaban J connectivity index is 2.24. The van der Waals surface area contributed by atoms with Crippen LogP contribution < -0.4 is 5.32 Å². The molecule has 0 saturated carbocycles. The molecule has 0 spiro atoms. The molecule has 0 amide bonds. The van der Waals surface area contributed by atoms with Crippen molar-refractivity contribution in [3.8, 4) is 0 Å². The fraction of sp³-hybridized carbons (Fsp3) is 0.231. The minimum absolute atomic E-state index is 0.0258. The fourth-order valence-electron chi connectivity index (χ4n) is 1.52. The van der Waals surface area contributed by atoms with Gasteiger partial charge >= 0.3 is 0 Å². The normalized spacial score (nSPS) is 10.6. The summed E-state index contributed by atoms with van der Waals surface area (Å²) in [6.45, 7) is 2.54. The van der Waals surface area contributed by atoms with Crippen molar-refractivity contribution in [2.24, 2.45) is 0 Å². The van der Waals surface area contributed by atoms with E-state index in [1.165, 1.54) is 6.07 Å². The minimum Gasteiger partial charge on any atom is -0.374 e. The maximum absolute atomic E-state index is 13.5. The van der Waals surface area contributed by atoms with Gasteiger partial charge in [0.15, 0.2) is 5.82 Å². The number of rotatable bonds is 5. The van der Waals surface area contributed by atoms with Crippen molar-refractivity contribution >= 4 is 23.1 Å². The third kappa shape index (κ3) is 3.85. The first kappa shape index (κ1) is 14.6. The van der Waals surface area contributed by atoms with Crippen molar-refractivity contribution < 1.29 is 13.5 Å². The van der Waals surface area contributed by atoms with Crippen LogP contribution in [-0.2, 0) is 11.3 Å². The van der Waals surface area contributed by atoms with Crippen molar-refractivity contribution in [3.05, 3.63) is 46.9 Å². The van der Waals surface area contributed by atoms with E-state index in [0.717, 1.165) is 18.2 Å². The van der Waals surface area contributed by atoms with Gasteiger partial charge in [0.1, 0.15) is 29.2 Å². The zero-order valence-electron chi connectivity index (χ0n) is 10.7. The fourth-order valence-corrected chi connectivity index (χ4v) is 1.72. The number of hydrogen-bond donors (Lipinski definition) is 1. The van der Waals surface area contributed by atoms with Gasteiger partial charge in [-0.2, -0.15) is 0 Å². The van der Waals surface area contributed by atoms with Crippen LogP contribution in [0.15, 0.2) is 24.3 Å². The summed E-state index contributed by atoms with van der Waals surface area (Å²) in [5, 5.41) is 2.85. The summed E-state index contributed by atoms with van der Waals surface area (Å²) >= 11 is 5.85. The summed E-state index contributed by atoms with van der Waals surface area (Å²) < 4.78 is 31.8. The number of hydrogen-bond acceptors (Lipinski definition) is 4. The molecule has 0 saturated heterocycles. The van der Waals surface area contributed by atoms with Crippen molar-refractivity contribution in [1.82, 2.24) is 9.97 Å². The van der Waals surface area contributed by atoms with E-state index in [2.05, 4.69) is 15.3 Å². The van der Waals surface area contributed by atoms with Crippen LogP contribution in [0.4, 0.5) is 20.3 Å². The Kier molecular flexibility index (Phi) is 4.81. The van der Waals surface area contributed by atoms with Gasteiger partial charge in [-0.1, -0.05) is 11.6 Å². The number of anilines is 2. The van der Waals surface area contributed by atoms with Crippen LogP contribution in [0.25, 0.3) is 0 Å². The van der Waals surface area contributed by atoms with E-state index in [9.17, 15) is 8.78 Å². The zero-order chi connectivity index (χ0) is 14.5. The molecular formula is C13H12ClF2N3O. The highest BCUT2D eigenvalue weighted by molar-refractivity contribution is 6.29. The molecule has 0 bridgehead atoms. The molecule has 1 heterocycles. The Bertz CT molecular complexity index is 610. The highest BCUT2D eigenvalue weighted by Gasteiger charge is 2.08. The average molecular weight is 300 g/mol. The smallest absolute Gasteiger partial charge is 0.158 e. The lowest BCUT2D eigenvalue weighted by molar-refractivity contribution is 0.128. The van der Waals surface area contributed by atoms with Crippen molar-refractivity contribution in [2.45, 2.75) is 13.5 Å². The third-order valence-corrected chi connectivity index (χ3v) is 2.56. The average Bonchev–Trinajstić information content (AvgIpc) is 2.40. The number of nitrogens with one attached hydrogen (secondary N) is 1. The monoisotopic (exact) mass is 299 g/mol. The predicted octanol–water partition coefficient (Wildman–Crippen LogP) is 3.69. The SMILES string of the molecule is CCOCc1nc(Cl)cc(Nc2cc(F)ccc2F)n1. The van der Waals surface area contributed by atoms with E-state index in [1.807, 2.05) is 6.92 Å². The maximum Gasteiger partial charge on any atom is 0.158 e. The van der Waals surface area contributed by atoms with Gasteiger partial charge in [0, 0.05) is 18.7 Å². The van der Waals surface area contributed by atoms with Crippen LogP contribution in [0.3, 0.4) is 0 Å². The molecule has 20 heavy (non-hydrogen) atoms. The van der Waals surface area contributed by atoms with Crippen molar-refractivity contribution in [1.29, 1.82) is 0 Å². The van der Waals surface area contributed by atoms with E-state index >= 15 is 0 Å². The maximum atomic E-state index is 13.5. The second-order valence-corrected chi connectivity index (χ2v) is 4.27. The Morgan fingerprint density at radius 3 is 2.80 bits per heavy atom. The zero-order valence-corrected chi connectivity index (χ0v) is 11.4. The Hall–Kier alpha value is -1.79. The van der Waals surface area contributed by atoms with Gasteiger partial charge in [0.25, 0.3) is 0 Å². The van der Waals surface area contributed by atoms with Crippen LogP contribution in [0.2, 0.25) is 5.15 Å². The molecule has 2 aromatic rings. The molecule has 0 radical (unpaired) electrons. The summed E-state index contributed by atoms with van der Waals surface area (Å²) in [4.78, 5) is 8.09. The Morgan fingerprint density at radius 2 is 2.05 bits per heavy atom. The van der Waals surface area contributed by atoms with E-state index in [4.69, 9.17) is 16.3 Å². The first-order valence-corrected chi connectivity index (χ1v) is 6.29. The van der Waals surface area contributed by atoms with Gasteiger partial charge in [0.2, 0.25) is 0 Å². The largest absolute Gasteiger partial charge is 0.374 e. The quantitative estimate of drug-likeness (QED) is 0.855. The van der Waals surface area contributed by atoms with Crippen molar-refractivity contribution in [3.63, 3.8) is 0 Å². The number of benzene rings is 1. The third-order valence-electron chi connectivity index (χ3n) is 2.37. The molecule has 0 aliphatic heterocycles. The van der Waals surface area contributed by atoms with Crippen LogP contribution in [-0.4, -0.2) is 16.6 Å². The molecule has 0 aliphatic carbocycles. The summed E-state index contributed by atoms with van der Waals surface area (Å²) in [6.07, 6.45) is 0. The molecule has 1 aromatic heterocycles. The molecule has 106 valence electrons. The lowest BCUT2D eigenvalue weighted by Gasteiger charge is -2.09.